The number of hydrogen-bond donors (Lipinski definition) is 0. The number of aryl methyl sites for hydroxylation is 1. The lowest BCUT2D eigenvalue weighted by Crippen LogP contribution is -2.53. The molecular weight excluding hydrogens is 408 g/mol. The predicted molar refractivity (Wildman–Crippen MR) is 133 cm³/mol. The number of amides is 1. The normalized spacial score (nSPS) is 22.7. The van der Waals surface area contributed by atoms with Gasteiger partial charge in [-0.15, -0.1) is 0 Å². The minimum absolute atomic E-state index is 0.121. The Kier molecular flexibility index (Phi) is 6.91. The van der Waals surface area contributed by atoms with Crippen LogP contribution in [0.3, 0.4) is 0 Å². The largest absolute Gasteiger partial charge is 0.308 e. The fourth-order valence-electron chi connectivity index (χ4n) is 6.14. The Morgan fingerprint density at radius 2 is 1.45 bits per heavy atom. The lowest BCUT2D eigenvalue weighted by molar-refractivity contribution is -0.124. The van der Waals surface area contributed by atoms with Crippen LogP contribution in [0, 0.1) is 11.8 Å². The number of carbonyl (C=O) groups is 2. The minimum atomic E-state index is 0.121. The molecule has 1 unspecified atom stereocenters. The Balaban J connectivity index is 1.26. The molecule has 1 saturated heterocycles. The number of hydrogen-bond acceptors (Lipinski definition) is 3. The second-order valence-corrected chi connectivity index (χ2v) is 10.2. The third kappa shape index (κ3) is 4.91. The Morgan fingerprint density at radius 3 is 2.21 bits per heavy atom. The molecule has 0 aromatic heterocycles. The summed E-state index contributed by atoms with van der Waals surface area (Å²) in [6, 6.07) is 18.5. The molecule has 4 heteroatoms. The van der Waals surface area contributed by atoms with Gasteiger partial charge in [0.1, 0.15) is 0 Å². The van der Waals surface area contributed by atoms with Crippen LogP contribution in [0.15, 0.2) is 54.6 Å². The molecule has 174 valence electrons. The minimum Gasteiger partial charge on any atom is -0.308 e. The van der Waals surface area contributed by atoms with Gasteiger partial charge in [-0.2, -0.15) is 0 Å². The van der Waals surface area contributed by atoms with Crippen LogP contribution in [-0.4, -0.2) is 42.3 Å². The molecular formula is C29H36N2O2. The molecule has 1 amide bonds. The summed E-state index contributed by atoms with van der Waals surface area (Å²) in [4.78, 5) is 31.3. The Morgan fingerprint density at radius 1 is 0.758 bits per heavy atom. The first kappa shape index (κ1) is 22.3. The summed E-state index contributed by atoms with van der Waals surface area (Å²) in [5, 5.41) is 0. The third-order valence-corrected chi connectivity index (χ3v) is 8.04. The summed E-state index contributed by atoms with van der Waals surface area (Å²) in [6.07, 6.45) is 9.59. The van der Waals surface area contributed by atoms with E-state index in [-0.39, 0.29) is 23.7 Å². The molecule has 0 spiro atoms. The third-order valence-electron chi connectivity index (χ3n) is 8.04. The van der Waals surface area contributed by atoms with Crippen molar-refractivity contribution in [1.29, 1.82) is 0 Å². The van der Waals surface area contributed by atoms with Crippen molar-refractivity contribution in [2.24, 2.45) is 11.8 Å². The summed E-state index contributed by atoms with van der Waals surface area (Å²) < 4.78 is 0. The molecule has 1 saturated carbocycles. The second-order valence-electron chi connectivity index (χ2n) is 10.2. The Bertz CT molecular complexity index is 959. The van der Waals surface area contributed by atoms with Crippen molar-refractivity contribution in [2.75, 3.05) is 24.5 Å². The molecule has 4 nitrogen and oxygen atoms in total. The van der Waals surface area contributed by atoms with E-state index in [0.29, 0.717) is 5.91 Å². The van der Waals surface area contributed by atoms with Gasteiger partial charge in [-0.05, 0) is 63.2 Å². The van der Waals surface area contributed by atoms with Crippen molar-refractivity contribution >= 4 is 17.4 Å². The lowest BCUT2D eigenvalue weighted by Gasteiger charge is -2.43. The monoisotopic (exact) mass is 444 g/mol. The molecule has 1 atom stereocenters. The summed E-state index contributed by atoms with van der Waals surface area (Å²) in [6.45, 7) is 2.79. The quantitative estimate of drug-likeness (QED) is 0.571. The van der Waals surface area contributed by atoms with Crippen molar-refractivity contribution in [3.8, 4) is 0 Å². The zero-order valence-electron chi connectivity index (χ0n) is 19.6. The van der Waals surface area contributed by atoms with Crippen molar-refractivity contribution in [2.45, 2.75) is 63.8 Å². The molecule has 3 aliphatic rings. The lowest BCUT2D eigenvalue weighted by atomic mass is 9.85. The molecule has 5 rings (SSSR count). The number of rotatable bonds is 5. The predicted octanol–water partition coefficient (Wildman–Crippen LogP) is 5.51. The van der Waals surface area contributed by atoms with Gasteiger partial charge in [0.15, 0.2) is 5.78 Å². The zero-order valence-corrected chi connectivity index (χ0v) is 19.6. The molecule has 2 aromatic carbocycles. The highest BCUT2D eigenvalue weighted by atomic mass is 16.2. The van der Waals surface area contributed by atoms with Gasteiger partial charge in [-0.25, -0.2) is 0 Å². The van der Waals surface area contributed by atoms with Gasteiger partial charge in [0.25, 0.3) is 0 Å². The molecule has 0 N–H and O–H groups in total. The van der Waals surface area contributed by atoms with Crippen molar-refractivity contribution in [3.05, 3.63) is 65.7 Å². The van der Waals surface area contributed by atoms with E-state index in [1.54, 1.807) is 0 Å². The van der Waals surface area contributed by atoms with Crippen LogP contribution in [0.5, 0.6) is 0 Å². The van der Waals surface area contributed by atoms with Crippen molar-refractivity contribution in [1.82, 2.24) is 4.90 Å². The van der Waals surface area contributed by atoms with Crippen LogP contribution in [0.2, 0.25) is 0 Å². The van der Waals surface area contributed by atoms with E-state index in [2.05, 4.69) is 34.1 Å². The number of likely N-dealkylation sites (tertiary alicyclic amines) is 1. The molecule has 0 bridgehead atoms. The van der Waals surface area contributed by atoms with Crippen LogP contribution in [-0.2, 0) is 11.2 Å². The number of ketones is 1. The van der Waals surface area contributed by atoms with Gasteiger partial charge >= 0.3 is 0 Å². The van der Waals surface area contributed by atoms with E-state index < -0.39 is 0 Å². The molecule has 2 aromatic rings. The van der Waals surface area contributed by atoms with Crippen LogP contribution < -0.4 is 4.90 Å². The van der Waals surface area contributed by atoms with Crippen molar-refractivity contribution in [3.63, 3.8) is 0 Å². The van der Waals surface area contributed by atoms with Gasteiger partial charge < -0.3 is 9.80 Å². The first-order valence-corrected chi connectivity index (χ1v) is 12.9. The van der Waals surface area contributed by atoms with E-state index in [0.717, 1.165) is 69.4 Å². The van der Waals surface area contributed by atoms with Crippen molar-refractivity contribution < 1.29 is 9.59 Å². The van der Waals surface area contributed by atoms with E-state index in [1.165, 1.54) is 24.8 Å². The summed E-state index contributed by atoms with van der Waals surface area (Å²) in [7, 11) is 0. The number of Topliss-reactive ketones (excluding diaryl/α,β-unsaturated/α-hetero) is 1. The van der Waals surface area contributed by atoms with Gasteiger partial charge in [-0.3, -0.25) is 9.59 Å². The number of carbonyl (C=O) groups excluding carboxylic acids is 2. The van der Waals surface area contributed by atoms with Crippen LogP contribution in [0.4, 0.5) is 5.69 Å². The Labute approximate surface area is 198 Å². The standard InChI is InChI=1S/C29H36N2O2/c32-28(23-10-3-1-4-11-23)24-17-19-30(20-18-24)21-26-16-15-22-9-7-8-14-27(22)31(26)29(33)25-12-5-2-6-13-25/h1,3-4,7-11,14,24-26H,2,5-6,12-13,15-21H2. The molecule has 33 heavy (non-hydrogen) atoms. The number of nitrogens with zero attached hydrogens (tertiary/aromatic N) is 2. The van der Waals surface area contributed by atoms with Crippen LogP contribution in [0.1, 0.15) is 67.3 Å². The van der Waals surface area contributed by atoms with Gasteiger partial charge in [-0.1, -0.05) is 67.8 Å². The van der Waals surface area contributed by atoms with Crippen LogP contribution >= 0.6 is 0 Å². The SMILES string of the molecule is O=C(c1ccccc1)C1CCN(CC2CCc3ccccc3N2C(=O)C2CCCCC2)CC1. The average Bonchev–Trinajstić information content (AvgIpc) is 2.89. The average molecular weight is 445 g/mol. The number of anilines is 1. The van der Waals surface area contributed by atoms with Crippen LogP contribution in [0.25, 0.3) is 0 Å². The smallest absolute Gasteiger partial charge is 0.230 e. The molecule has 2 heterocycles. The van der Waals surface area contributed by atoms with Gasteiger partial charge in [0, 0.05) is 35.7 Å². The van der Waals surface area contributed by atoms with E-state index in [1.807, 2.05) is 30.3 Å². The van der Waals surface area contributed by atoms with E-state index >= 15 is 0 Å². The van der Waals surface area contributed by atoms with E-state index in [9.17, 15) is 9.59 Å². The van der Waals surface area contributed by atoms with Gasteiger partial charge in [0.2, 0.25) is 5.91 Å². The molecule has 2 fully saturated rings. The molecule has 1 aliphatic carbocycles. The maximum atomic E-state index is 13.7. The highest BCUT2D eigenvalue weighted by molar-refractivity contribution is 5.98. The summed E-state index contributed by atoms with van der Waals surface area (Å²) >= 11 is 0. The molecule has 2 aliphatic heterocycles. The number of para-hydroxylation sites is 1. The highest BCUT2D eigenvalue weighted by Crippen LogP contribution is 2.35. The number of piperidine rings is 1. The first-order chi connectivity index (χ1) is 16.2. The highest BCUT2D eigenvalue weighted by Gasteiger charge is 2.36. The number of fused-ring (bicyclic) bond motifs is 1. The fourth-order valence-corrected chi connectivity index (χ4v) is 6.14. The topological polar surface area (TPSA) is 40.6 Å². The molecule has 0 radical (unpaired) electrons. The Hall–Kier alpha value is -2.46. The fraction of sp³-hybridized carbons (Fsp3) is 0.517. The maximum Gasteiger partial charge on any atom is 0.230 e. The zero-order chi connectivity index (χ0) is 22.6. The second kappa shape index (κ2) is 10.2. The first-order valence-electron chi connectivity index (χ1n) is 12.9. The van der Waals surface area contributed by atoms with Gasteiger partial charge in [0.05, 0.1) is 0 Å². The van der Waals surface area contributed by atoms with E-state index in [4.69, 9.17) is 0 Å². The maximum absolute atomic E-state index is 13.7. The number of benzene rings is 2. The summed E-state index contributed by atoms with van der Waals surface area (Å²) in [5.41, 5.74) is 3.28. The summed E-state index contributed by atoms with van der Waals surface area (Å²) in [5.74, 6) is 0.939.